The third kappa shape index (κ3) is 6.56. The molecule has 1 N–H and O–H groups in total. The minimum atomic E-state index is 0.00171. The summed E-state index contributed by atoms with van der Waals surface area (Å²) in [6, 6.07) is 7.23. The number of benzene rings is 1. The van der Waals surface area contributed by atoms with Gasteiger partial charge in [0.1, 0.15) is 0 Å². The Hall–Kier alpha value is -1.64. The van der Waals surface area contributed by atoms with Gasteiger partial charge in [-0.15, -0.1) is 0 Å². The number of nitrogens with one attached hydrogen (secondary N) is 1. The molecule has 0 aliphatic rings. The van der Waals surface area contributed by atoms with Crippen LogP contribution in [0, 0.1) is 0 Å². The number of unbranched alkanes of at least 4 members (excludes halogenated alkanes) is 5. The van der Waals surface area contributed by atoms with E-state index in [1.165, 1.54) is 25.7 Å². The molecule has 1 amide bonds. The largest absolute Gasteiger partial charge is 0.325 e. The number of hydrogen-bond donors (Lipinski definition) is 1. The third-order valence-corrected chi connectivity index (χ3v) is 3.58. The molecule has 21 heavy (non-hydrogen) atoms. The molecule has 3 nitrogen and oxygen atoms in total. The van der Waals surface area contributed by atoms with E-state index in [2.05, 4.69) is 12.2 Å². The van der Waals surface area contributed by atoms with E-state index in [4.69, 9.17) is 0 Å². The van der Waals surface area contributed by atoms with E-state index in [1.54, 1.807) is 12.1 Å². The summed E-state index contributed by atoms with van der Waals surface area (Å²) in [5.41, 5.74) is 1.25. The Morgan fingerprint density at radius 2 is 1.62 bits per heavy atom. The van der Waals surface area contributed by atoms with E-state index in [0.29, 0.717) is 24.1 Å². The van der Waals surface area contributed by atoms with Crippen LogP contribution >= 0.6 is 0 Å². The van der Waals surface area contributed by atoms with Crippen LogP contribution in [0.4, 0.5) is 5.69 Å². The summed E-state index contributed by atoms with van der Waals surface area (Å²) < 4.78 is 0. The Bertz CT molecular complexity index is 454. The molecule has 0 aromatic heterocycles. The van der Waals surface area contributed by atoms with Crippen LogP contribution in [0.1, 0.15) is 75.6 Å². The Morgan fingerprint density at radius 1 is 0.952 bits per heavy atom. The molecule has 0 saturated carbocycles. The van der Waals surface area contributed by atoms with E-state index >= 15 is 0 Å². The van der Waals surface area contributed by atoms with E-state index in [9.17, 15) is 9.59 Å². The van der Waals surface area contributed by atoms with Crippen molar-refractivity contribution >= 4 is 17.4 Å². The number of ketones is 1. The number of carbonyl (C=O) groups is 2. The van der Waals surface area contributed by atoms with Crippen molar-refractivity contribution in [3.63, 3.8) is 0 Å². The van der Waals surface area contributed by atoms with Gasteiger partial charge >= 0.3 is 0 Å². The van der Waals surface area contributed by atoms with Crippen molar-refractivity contribution in [2.75, 3.05) is 5.32 Å². The molecule has 1 aromatic rings. The normalized spacial score (nSPS) is 10.4. The highest BCUT2D eigenvalue weighted by molar-refractivity contribution is 6.04. The number of Topliss-reactive ketones (excluding diaryl/α,β-unsaturated/α-hetero) is 1. The van der Waals surface area contributed by atoms with Gasteiger partial charge in [0.15, 0.2) is 5.78 Å². The maximum absolute atomic E-state index is 11.9. The highest BCUT2D eigenvalue weighted by Crippen LogP contribution is 2.17. The van der Waals surface area contributed by atoms with Gasteiger partial charge in [0, 0.05) is 18.4 Å². The molecule has 1 rings (SSSR count). The van der Waals surface area contributed by atoms with E-state index < -0.39 is 0 Å². The SMILES string of the molecule is CCCCCCCCC(=O)Nc1ccccc1C(=O)CC. The lowest BCUT2D eigenvalue weighted by Gasteiger charge is -2.09. The van der Waals surface area contributed by atoms with Gasteiger partial charge in [-0.2, -0.15) is 0 Å². The average molecular weight is 289 g/mol. The number of carbonyl (C=O) groups excluding carboxylic acids is 2. The summed E-state index contributed by atoms with van der Waals surface area (Å²) in [5, 5.41) is 2.87. The second-order valence-electron chi connectivity index (χ2n) is 5.39. The maximum Gasteiger partial charge on any atom is 0.224 e. The Balaban J connectivity index is 2.39. The number of amides is 1. The van der Waals surface area contributed by atoms with Gasteiger partial charge in [-0.05, 0) is 18.6 Å². The first kappa shape index (κ1) is 17.4. The second kappa shape index (κ2) is 10.1. The van der Waals surface area contributed by atoms with Crippen molar-refractivity contribution in [3.8, 4) is 0 Å². The third-order valence-electron chi connectivity index (χ3n) is 3.58. The van der Waals surface area contributed by atoms with Crippen LogP contribution in [0.5, 0.6) is 0 Å². The predicted molar refractivity (Wildman–Crippen MR) is 87.7 cm³/mol. The Morgan fingerprint density at radius 3 is 2.33 bits per heavy atom. The van der Waals surface area contributed by atoms with Gasteiger partial charge in [0.25, 0.3) is 0 Å². The van der Waals surface area contributed by atoms with Crippen LogP contribution in [0.15, 0.2) is 24.3 Å². The Labute approximate surface area is 128 Å². The lowest BCUT2D eigenvalue weighted by molar-refractivity contribution is -0.116. The zero-order chi connectivity index (χ0) is 15.5. The van der Waals surface area contributed by atoms with Gasteiger partial charge < -0.3 is 5.32 Å². The van der Waals surface area contributed by atoms with Gasteiger partial charge in [0.05, 0.1) is 5.69 Å². The smallest absolute Gasteiger partial charge is 0.224 e. The quantitative estimate of drug-likeness (QED) is 0.488. The summed E-state index contributed by atoms with van der Waals surface area (Å²) in [7, 11) is 0. The van der Waals surface area contributed by atoms with E-state index in [1.807, 2.05) is 19.1 Å². The lowest BCUT2D eigenvalue weighted by atomic mass is 10.1. The summed E-state index contributed by atoms with van der Waals surface area (Å²) in [5.74, 6) is 0.0623. The van der Waals surface area contributed by atoms with Crippen LogP contribution < -0.4 is 5.32 Å². The van der Waals surface area contributed by atoms with Gasteiger partial charge in [-0.3, -0.25) is 9.59 Å². The van der Waals surface area contributed by atoms with Crippen molar-refractivity contribution < 1.29 is 9.59 Å². The fourth-order valence-corrected chi connectivity index (χ4v) is 2.30. The van der Waals surface area contributed by atoms with Crippen LogP contribution in [0.25, 0.3) is 0 Å². The zero-order valence-electron chi connectivity index (χ0n) is 13.3. The predicted octanol–water partition coefficient (Wildman–Crippen LogP) is 4.97. The average Bonchev–Trinajstić information content (AvgIpc) is 2.50. The van der Waals surface area contributed by atoms with Crippen molar-refractivity contribution in [2.24, 2.45) is 0 Å². The molecule has 0 heterocycles. The highest BCUT2D eigenvalue weighted by atomic mass is 16.1. The number of anilines is 1. The first-order valence-corrected chi connectivity index (χ1v) is 8.11. The molecule has 1 aromatic carbocycles. The molecule has 0 aliphatic carbocycles. The Kier molecular flexibility index (Phi) is 8.41. The highest BCUT2D eigenvalue weighted by Gasteiger charge is 2.11. The first-order valence-electron chi connectivity index (χ1n) is 8.11. The van der Waals surface area contributed by atoms with Gasteiger partial charge in [-0.25, -0.2) is 0 Å². The second-order valence-corrected chi connectivity index (χ2v) is 5.39. The molecule has 0 spiro atoms. The van der Waals surface area contributed by atoms with Crippen LogP contribution in [0.3, 0.4) is 0 Å². The van der Waals surface area contributed by atoms with Gasteiger partial charge in [0.2, 0.25) is 5.91 Å². The zero-order valence-corrected chi connectivity index (χ0v) is 13.3. The molecule has 0 aliphatic heterocycles. The molecule has 116 valence electrons. The number of hydrogen-bond acceptors (Lipinski definition) is 2. The van der Waals surface area contributed by atoms with Crippen molar-refractivity contribution in [1.29, 1.82) is 0 Å². The summed E-state index contributed by atoms with van der Waals surface area (Å²) in [4.78, 5) is 23.8. The minimum absolute atomic E-state index is 0.00171. The lowest BCUT2D eigenvalue weighted by Crippen LogP contribution is -2.14. The molecule has 3 heteroatoms. The maximum atomic E-state index is 11.9. The molecule has 0 fully saturated rings. The monoisotopic (exact) mass is 289 g/mol. The molecular formula is C18H27NO2. The topological polar surface area (TPSA) is 46.2 Å². The van der Waals surface area contributed by atoms with Crippen LogP contribution in [-0.4, -0.2) is 11.7 Å². The summed E-state index contributed by atoms with van der Waals surface area (Å²) in [6.45, 7) is 4.03. The minimum Gasteiger partial charge on any atom is -0.325 e. The fourth-order valence-electron chi connectivity index (χ4n) is 2.30. The summed E-state index contributed by atoms with van der Waals surface area (Å²) >= 11 is 0. The molecular weight excluding hydrogens is 262 g/mol. The van der Waals surface area contributed by atoms with E-state index in [0.717, 1.165) is 12.8 Å². The molecule has 0 radical (unpaired) electrons. The van der Waals surface area contributed by atoms with Crippen molar-refractivity contribution in [2.45, 2.75) is 65.2 Å². The van der Waals surface area contributed by atoms with Gasteiger partial charge in [-0.1, -0.05) is 58.1 Å². The van der Waals surface area contributed by atoms with E-state index in [-0.39, 0.29) is 11.7 Å². The molecule has 0 atom stereocenters. The van der Waals surface area contributed by atoms with Crippen LogP contribution in [0.2, 0.25) is 0 Å². The summed E-state index contributed by atoms with van der Waals surface area (Å²) in [6.07, 6.45) is 7.97. The first-order chi connectivity index (χ1) is 10.2. The molecule has 0 unspecified atom stereocenters. The standard InChI is InChI=1S/C18H27NO2/c1-3-5-6-7-8-9-14-18(21)19-16-13-11-10-12-15(16)17(20)4-2/h10-13H,3-9,14H2,1-2H3,(H,19,21). The van der Waals surface area contributed by atoms with Crippen LogP contribution in [-0.2, 0) is 4.79 Å². The number of rotatable bonds is 10. The van der Waals surface area contributed by atoms with Crippen molar-refractivity contribution in [3.05, 3.63) is 29.8 Å². The molecule has 0 bridgehead atoms. The fraction of sp³-hybridized carbons (Fsp3) is 0.556. The number of para-hydroxylation sites is 1. The van der Waals surface area contributed by atoms with Crippen molar-refractivity contribution in [1.82, 2.24) is 0 Å². The molecule has 0 saturated heterocycles.